The Balaban J connectivity index is 2.21. The Labute approximate surface area is 112 Å². The number of benzene rings is 1. The molecular formula is C14H17N3O2. The number of carbonyl (C=O) groups excluding carboxylic acids is 1. The third-order valence-corrected chi connectivity index (χ3v) is 3.14. The predicted molar refractivity (Wildman–Crippen MR) is 74.7 cm³/mol. The molecule has 0 fully saturated rings. The van der Waals surface area contributed by atoms with E-state index in [2.05, 4.69) is 15.8 Å². The fourth-order valence-corrected chi connectivity index (χ4v) is 1.79. The fourth-order valence-electron chi connectivity index (χ4n) is 1.79. The van der Waals surface area contributed by atoms with Crippen LogP contribution in [0.4, 0.5) is 11.6 Å². The summed E-state index contributed by atoms with van der Waals surface area (Å²) in [5.41, 5.74) is 4.22. The standard InChI is InChI=1S/C14H17N3O2/c1-8-7-11(5-6-12(8)15-4)13(18)16-14-9(2)10(3)17-19-14/h5-7,15H,1-4H3,(H,16,18). The molecule has 0 saturated carbocycles. The first-order chi connectivity index (χ1) is 9.02. The highest BCUT2D eigenvalue weighted by atomic mass is 16.5. The summed E-state index contributed by atoms with van der Waals surface area (Å²) in [7, 11) is 1.85. The Morgan fingerprint density at radius 2 is 2.00 bits per heavy atom. The van der Waals surface area contributed by atoms with E-state index >= 15 is 0 Å². The van der Waals surface area contributed by atoms with Gasteiger partial charge < -0.3 is 9.84 Å². The molecule has 2 aromatic rings. The summed E-state index contributed by atoms with van der Waals surface area (Å²) in [6.45, 7) is 5.64. The molecule has 2 N–H and O–H groups in total. The van der Waals surface area contributed by atoms with Gasteiger partial charge in [-0.3, -0.25) is 10.1 Å². The Morgan fingerprint density at radius 1 is 1.26 bits per heavy atom. The van der Waals surface area contributed by atoms with Crippen LogP contribution in [-0.4, -0.2) is 18.1 Å². The lowest BCUT2D eigenvalue weighted by atomic mass is 10.1. The van der Waals surface area contributed by atoms with E-state index in [9.17, 15) is 4.79 Å². The topological polar surface area (TPSA) is 67.2 Å². The highest BCUT2D eigenvalue weighted by molar-refractivity contribution is 6.04. The number of aromatic nitrogens is 1. The zero-order valence-corrected chi connectivity index (χ0v) is 11.5. The van der Waals surface area contributed by atoms with Crippen LogP contribution >= 0.6 is 0 Å². The van der Waals surface area contributed by atoms with Crippen molar-refractivity contribution in [3.63, 3.8) is 0 Å². The molecule has 1 amide bonds. The average molecular weight is 259 g/mol. The first-order valence-electron chi connectivity index (χ1n) is 6.05. The van der Waals surface area contributed by atoms with Gasteiger partial charge in [-0.25, -0.2) is 0 Å². The average Bonchev–Trinajstić information content (AvgIpc) is 2.70. The van der Waals surface area contributed by atoms with Crippen LogP contribution in [0.5, 0.6) is 0 Å². The normalized spacial score (nSPS) is 10.3. The molecule has 2 rings (SSSR count). The zero-order chi connectivity index (χ0) is 14.0. The Hall–Kier alpha value is -2.30. The van der Waals surface area contributed by atoms with Gasteiger partial charge in [-0.1, -0.05) is 5.16 Å². The molecule has 1 aromatic carbocycles. The predicted octanol–water partition coefficient (Wildman–Crippen LogP) is 2.89. The Bertz CT molecular complexity index is 617. The van der Waals surface area contributed by atoms with Crippen molar-refractivity contribution in [2.45, 2.75) is 20.8 Å². The Morgan fingerprint density at radius 3 is 2.53 bits per heavy atom. The van der Waals surface area contributed by atoms with Gasteiger partial charge in [0.25, 0.3) is 5.91 Å². The smallest absolute Gasteiger partial charge is 0.258 e. The largest absolute Gasteiger partial charge is 0.388 e. The second-order valence-corrected chi connectivity index (χ2v) is 4.46. The molecule has 0 aliphatic heterocycles. The zero-order valence-electron chi connectivity index (χ0n) is 11.5. The van der Waals surface area contributed by atoms with Crippen LogP contribution in [0.1, 0.15) is 27.2 Å². The van der Waals surface area contributed by atoms with Crippen molar-refractivity contribution in [3.05, 3.63) is 40.6 Å². The van der Waals surface area contributed by atoms with Gasteiger partial charge in [0.2, 0.25) is 5.88 Å². The number of aryl methyl sites for hydroxylation is 2. The highest BCUT2D eigenvalue weighted by Crippen LogP contribution is 2.20. The maximum atomic E-state index is 12.1. The number of hydrogen-bond donors (Lipinski definition) is 2. The summed E-state index contributed by atoms with van der Waals surface area (Å²) in [6.07, 6.45) is 0. The van der Waals surface area contributed by atoms with Gasteiger partial charge in [-0.2, -0.15) is 0 Å². The quantitative estimate of drug-likeness (QED) is 0.889. The van der Waals surface area contributed by atoms with E-state index in [0.29, 0.717) is 11.4 Å². The van der Waals surface area contributed by atoms with Crippen LogP contribution in [0.2, 0.25) is 0 Å². The van der Waals surface area contributed by atoms with Gasteiger partial charge in [0.05, 0.1) is 5.69 Å². The molecule has 0 bridgehead atoms. The van der Waals surface area contributed by atoms with Crippen LogP contribution in [0.3, 0.4) is 0 Å². The summed E-state index contributed by atoms with van der Waals surface area (Å²) in [6, 6.07) is 5.48. The van der Waals surface area contributed by atoms with Gasteiger partial charge in [-0.15, -0.1) is 0 Å². The van der Waals surface area contributed by atoms with E-state index in [1.807, 2.05) is 40.0 Å². The highest BCUT2D eigenvalue weighted by Gasteiger charge is 2.13. The van der Waals surface area contributed by atoms with Crippen molar-refractivity contribution in [1.82, 2.24) is 5.16 Å². The van der Waals surface area contributed by atoms with Crippen LogP contribution in [-0.2, 0) is 0 Å². The molecular weight excluding hydrogens is 242 g/mol. The van der Waals surface area contributed by atoms with Crippen molar-refractivity contribution in [2.24, 2.45) is 0 Å². The van der Waals surface area contributed by atoms with Crippen molar-refractivity contribution in [3.8, 4) is 0 Å². The molecule has 1 aromatic heterocycles. The Kier molecular flexibility index (Phi) is 3.55. The summed E-state index contributed by atoms with van der Waals surface area (Å²) < 4.78 is 5.07. The molecule has 1 heterocycles. The molecule has 0 atom stereocenters. The molecule has 100 valence electrons. The lowest BCUT2D eigenvalue weighted by molar-refractivity contribution is 0.102. The summed E-state index contributed by atoms with van der Waals surface area (Å²) >= 11 is 0. The molecule has 5 nitrogen and oxygen atoms in total. The minimum Gasteiger partial charge on any atom is -0.388 e. The first-order valence-corrected chi connectivity index (χ1v) is 6.05. The summed E-state index contributed by atoms with van der Waals surface area (Å²) in [4.78, 5) is 12.1. The van der Waals surface area contributed by atoms with E-state index in [1.54, 1.807) is 6.07 Å². The lowest BCUT2D eigenvalue weighted by Crippen LogP contribution is -2.12. The SMILES string of the molecule is CNc1ccc(C(=O)Nc2onc(C)c2C)cc1C. The van der Waals surface area contributed by atoms with Crippen molar-refractivity contribution in [2.75, 3.05) is 17.7 Å². The van der Waals surface area contributed by atoms with Crippen LogP contribution in [0, 0.1) is 20.8 Å². The van der Waals surface area contributed by atoms with E-state index in [4.69, 9.17) is 4.52 Å². The van der Waals surface area contributed by atoms with E-state index in [1.165, 1.54) is 0 Å². The van der Waals surface area contributed by atoms with Crippen molar-refractivity contribution in [1.29, 1.82) is 0 Å². The molecule has 0 radical (unpaired) electrons. The molecule has 0 saturated heterocycles. The van der Waals surface area contributed by atoms with E-state index in [-0.39, 0.29) is 5.91 Å². The van der Waals surface area contributed by atoms with Crippen LogP contribution < -0.4 is 10.6 Å². The molecule has 0 unspecified atom stereocenters. The van der Waals surface area contributed by atoms with Crippen molar-refractivity contribution < 1.29 is 9.32 Å². The third kappa shape index (κ3) is 2.59. The summed E-state index contributed by atoms with van der Waals surface area (Å²) in [5.74, 6) is 0.197. The molecule has 0 aliphatic rings. The number of nitrogens with zero attached hydrogens (tertiary/aromatic N) is 1. The number of rotatable bonds is 3. The van der Waals surface area contributed by atoms with Gasteiger partial charge in [-0.05, 0) is 44.5 Å². The number of nitrogens with one attached hydrogen (secondary N) is 2. The molecule has 0 aliphatic carbocycles. The lowest BCUT2D eigenvalue weighted by Gasteiger charge is -2.07. The van der Waals surface area contributed by atoms with Crippen LogP contribution in [0.25, 0.3) is 0 Å². The number of carbonyl (C=O) groups is 1. The molecule has 0 spiro atoms. The van der Waals surface area contributed by atoms with Gasteiger partial charge >= 0.3 is 0 Å². The maximum Gasteiger partial charge on any atom is 0.258 e. The minimum absolute atomic E-state index is 0.204. The van der Waals surface area contributed by atoms with Gasteiger partial charge in [0.15, 0.2) is 0 Å². The number of hydrogen-bond acceptors (Lipinski definition) is 4. The molecule has 19 heavy (non-hydrogen) atoms. The molecule has 5 heteroatoms. The van der Waals surface area contributed by atoms with Crippen molar-refractivity contribution >= 4 is 17.5 Å². The third-order valence-electron chi connectivity index (χ3n) is 3.14. The van der Waals surface area contributed by atoms with E-state index in [0.717, 1.165) is 22.5 Å². The second kappa shape index (κ2) is 5.14. The minimum atomic E-state index is -0.204. The van der Waals surface area contributed by atoms with E-state index < -0.39 is 0 Å². The second-order valence-electron chi connectivity index (χ2n) is 4.46. The maximum absolute atomic E-state index is 12.1. The number of amides is 1. The monoisotopic (exact) mass is 259 g/mol. The fraction of sp³-hybridized carbons (Fsp3) is 0.286. The first kappa shape index (κ1) is 13.1. The van der Waals surface area contributed by atoms with Crippen LogP contribution in [0.15, 0.2) is 22.7 Å². The van der Waals surface area contributed by atoms with Gasteiger partial charge in [0.1, 0.15) is 0 Å². The summed E-state index contributed by atoms with van der Waals surface area (Å²) in [5, 5.41) is 9.59. The van der Waals surface area contributed by atoms with Gasteiger partial charge in [0, 0.05) is 23.9 Å². The number of anilines is 2.